The molecule has 0 amide bonds. The molecule has 17 heteroatoms. The van der Waals surface area contributed by atoms with E-state index in [-0.39, 0.29) is 0 Å². The fraction of sp³-hybridized carbons (Fsp3) is 0.556. The second-order valence-corrected chi connectivity index (χ2v) is 7.55. The Kier molecular flexibility index (Phi) is 4.95. The number of aromatic nitrogens is 2. The van der Waals surface area contributed by atoms with Gasteiger partial charge in [-0.2, -0.15) is 4.39 Å². The largest absolute Gasteiger partial charge is 0.468 e. The predicted octanol–water partition coefficient (Wildman–Crippen LogP) is -5.63. The number of nitrogens with one attached hydrogen (secondary N) is 1. The lowest BCUT2D eigenvalue weighted by Gasteiger charge is -2.39. The minimum atomic E-state index is -5.25. The predicted molar refractivity (Wildman–Crippen MR) is 87.7 cm³/mol. The van der Waals surface area contributed by atoms with Gasteiger partial charge in [-0.25, -0.2) is 13.8 Å². The molecule has 0 aromatic carbocycles. The van der Waals surface area contributed by atoms with Gasteiger partial charge in [-0.15, -0.1) is 0 Å². The maximum Gasteiger partial charge on any atom is 0.468 e. The van der Waals surface area contributed by atoms with Gasteiger partial charge < -0.3 is 24.7 Å². The van der Waals surface area contributed by atoms with Crippen LogP contribution in [-0.4, -0.2) is 76.6 Å². The topological polar surface area (TPSA) is 171 Å². The molecule has 1 saturated heterocycles. The third kappa shape index (κ3) is 3.22. The Morgan fingerprint density at radius 3 is 2.38 bits per heavy atom. The van der Waals surface area contributed by atoms with E-state index in [2.05, 4.69) is 4.52 Å². The Labute approximate surface area is 146 Å². The van der Waals surface area contributed by atoms with Crippen LogP contribution in [0, 0.1) is 5.82 Å². The van der Waals surface area contributed by atoms with Crippen LogP contribution in [0.4, 0.5) is 8.78 Å². The Morgan fingerprint density at radius 2 is 1.88 bits per heavy atom. The average molecular weight is 396 g/mol. The fourth-order valence-electron chi connectivity index (χ4n) is 2.73. The number of nitrogens with zero attached hydrogens (tertiary/aromatic N) is 1. The zero-order chi connectivity index (χ0) is 20.3. The van der Waals surface area contributed by atoms with Crippen molar-refractivity contribution < 1.29 is 42.6 Å². The van der Waals surface area contributed by atoms with Crippen LogP contribution in [0.5, 0.6) is 0 Å². The average Bonchev–Trinajstić information content (AvgIpc) is 2.63. The molecule has 1 aliphatic heterocycles. The van der Waals surface area contributed by atoms with Gasteiger partial charge >= 0.3 is 13.5 Å². The quantitative estimate of drug-likeness (QED) is 0.246. The minimum absolute atomic E-state index is 0.298. The molecule has 0 bridgehead atoms. The van der Waals surface area contributed by atoms with Gasteiger partial charge in [-0.05, 0) is 0 Å². The van der Waals surface area contributed by atoms with Gasteiger partial charge in [0.05, 0.1) is 11.6 Å². The third-order valence-corrected chi connectivity index (χ3v) is 4.82. The summed E-state index contributed by atoms with van der Waals surface area (Å²) in [6.45, 7) is 0. The molecule has 1 aromatic rings. The molecular weight excluding hydrogens is 382 g/mol. The van der Waals surface area contributed by atoms with Crippen LogP contribution in [0.1, 0.15) is 0 Å². The second kappa shape index (κ2) is 6.12. The number of hydrogen-bond acceptors (Lipinski definition) is 7. The van der Waals surface area contributed by atoms with Crippen LogP contribution in [0.2, 0.25) is 0 Å². The minimum Gasteiger partial charge on any atom is -0.386 e. The summed E-state index contributed by atoms with van der Waals surface area (Å²) >= 11 is 0. The standard InChI is InChI=1S/C9H14B3F2N2O9P/c10-8(16-1-2(13)5(19)15-6(16)20)4(18)3(17)7(14,24-8)9(11,12)25-26(21,22)23/h1,3-4,17-18H,10-12H2,(H,15,19,20)(H2,21,22,23)/t3-,4+,7-,8-/m0/s1. The van der Waals surface area contributed by atoms with E-state index in [0.717, 1.165) is 23.5 Å². The van der Waals surface area contributed by atoms with E-state index in [0.29, 0.717) is 10.8 Å². The molecule has 0 spiro atoms. The molecule has 1 aliphatic rings. The van der Waals surface area contributed by atoms with Gasteiger partial charge in [0, 0.05) is 0 Å². The summed E-state index contributed by atoms with van der Waals surface area (Å²) in [5.74, 6) is -4.90. The van der Waals surface area contributed by atoms with Gasteiger partial charge in [0.25, 0.3) is 11.4 Å². The summed E-state index contributed by atoms with van der Waals surface area (Å²) < 4.78 is 49.5. The second-order valence-electron chi connectivity index (χ2n) is 6.39. The number of halogens is 2. The summed E-state index contributed by atoms with van der Waals surface area (Å²) in [6.07, 6.45) is -4.34. The van der Waals surface area contributed by atoms with Crippen molar-refractivity contribution in [3.8, 4) is 0 Å². The summed E-state index contributed by atoms with van der Waals surface area (Å²) in [6, 6.07) is 0. The van der Waals surface area contributed by atoms with Crippen molar-refractivity contribution >= 4 is 31.4 Å². The summed E-state index contributed by atoms with van der Waals surface area (Å²) in [5, 5.41) is 17.8. The molecule has 4 atom stereocenters. The number of hydrogen-bond donors (Lipinski definition) is 5. The number of aliphatic hydroxyl groups excluding tert-OH is 2. The normalized spacial score (nSPS) is 32.7. The van der Waals surface area contributed by atoms with E-state index >= 15 is 4.39 Å². The van der Waals surface area contributed by atoms with Gasteiger partial charge in [-0.3, -0.25) is 18.9 Å². The van der Waals surface area contributed by atoms with Crippen LogP contribution in [0.15, 0.2) is 15.8 Å². The van der Waals surface area contributed by atoms with E-state index in [4.69, 9.17) is 14.5 Å². The molecule has 5 N–H and O–H groups in total. The van der Waals surface area contributed by atoms with Crippen molar-refractivity contribution in [3.05, 3.63) is 32.9 Å². The molecule has 142 valence electrons. The van der Waals surface area contributed by atoms with Crippen molar-refractivity contribution in [2.45, 2.75) is 29.1 Å². The first-order valence-electron chi connectivity index (χ1n) is 7.08. The number of ether oxygens (including phenoxy) is 1. The van der Waals surface area contributed by atoms with E-state index in [9.17, 15) is 28.8 Å². The van der Waals surface area contributed by atoms with Crippen LogP contribution in [0.25, 0.3) is 0 Å². The number of rotatable bonds is 4. The third-order valence-electron chi connectivity index (χ3n) is 4.13. The number of phosphoric acid groups is 1. The molecule has 0 aliphatic carbocycles. The van der Waals surface area contributed by atoms with Crippen LogP contribution >= 0.6 is 7.82 Å². The highest BCUT2D eigenvalue weighted by atomic mass is 31.2. The Morgan fingerprint density at radius 1 is 1.35 bits per heavy atom. The fourth-order valence-corrected chi connectivity index (χ4v) is 3.44. The zero-order valence-electron chi connectivity index (χ0n) is 13.7. The van der Waals surface area contributed by atoms with Gasteiger partial charge in [0.2, 0.25) is 5.82 Å². The monoisotopic (exact) mass is 396 g/mol. The molecule has 0 unspecified atom stereocenters. The van der Waals surface area contributed by atoms with E-state index in [1.807, 2.05) is 0 Å². The van der Waals surface area contributed by atoms with Gasteiger partial charge in [0.1, 0.15) is 33.5 Å². The summed E-state index contributed by atoms with van der Waals surface area (Å²) in [7, 11) is -2.71. The lowest BCUT2D eigenvalue weighted by atomic mass is 9.59. The van der Waals surface area contributed by atoms with E-state index < -0.39 is 54.0 Å². The SMILES string of the molecule is BC(B)(OP(=O)(O)O)[C@@]1(F)O[C@@](B)(n2cc(F)c(=O)[nH]c2=O)[C@H](O)[C@@H]1O. The molecule has 2 heterocycles. The highest BCUT2D eigenvalue weighted by molar-refractivity contribution is 7.46. The maximum absolute atomic E-state index is 15.4. The number of alkyl halides is 1. The molecule has 26 heavy (non-hydrogen) atoms. The molecule has 0 radical (unpaired) electrons. The van der Waals surface area contributed by atoms with Crippen molar-refractivity contribution in [2.24, 2.45) is 0 Å². The summed E-state index contributed by atoms with van der Waals surface area (Å²) in [5.41, 5.74) is -5.12. The van der Waals surface area contributed by atoms with Crippen molar-refractivity contribution in [1.29, 1.82) is 0 Å². The summed E-state index contributed by atoms with van der Waals surface area (Å²) in [4.78, 5) is 42.4. The van der Waals surface area contributed by atoms with Crippen molar-refractivity contribution in [2.75, 3.05) is 0 Å². The highest BCUT2D eigenvalue weighted by Crippen LogP contribution is 2.50. The number of aromatic amines is 1. The molecule has 11 nitrogen and oxygen atoms in total. The molecule has 1 fully saturated rings. The van der Waals surface area contributed by atoms with Gasteiger partial charge in [0.15, 0.2) is 7.85 Å². The van der Waals surface area contributed by atoms with Crippen LogP contribution < -0.4 is 11.2 Å². The number of aliphatic hydroxyl groups is 2. The number of phosphoric ester groups is 1. The maximum atomic E-state index is 15.4. The molecule has 0 saturated carbocycles. The van der Waals surface area contributed by atoms with E-state index in [1.54, 1.807) is 4.98 Å². The lowest BCUT2D eigenvalue weighted by molar-refractivity contribution is -0.240. The van der Waals surface area contributed by atoms with Crippen LogP contribution in [-0.2, 0) is 19.4 Å². The molecular formula is C9H14B3F2N2O9P. The number of H-pyrrole nitrogens is 1. The Hall–Kier alpha value is -1.28. The molecule has 2 rings (SSSR count). The smallest absolute Gasteiger partial charge is 0.386 e. The van der Waals surface area contributed by atoms with Crippen LogP contribution in [0.3, 0.4) is 0 Å². The first-order chi connectivity index (χ1) is 11.5. The lowest BCUT2D eigenvalue weighted by Crippen LogP contribution is -2.60. The first kappa shape index (κ1) is 21.0. The zero-order valence-corrected chi connectivity index (χ0v) is 14.6. The Balaban J connectivity index is 2.59. The van der Waals surface area contributed by atoms with Gasteiger partial charge in [-0.1, -0.05) is 0 Å². The first-order valence-corrected chi connectivity index (χ1v) is 8.62. The van der Waals surface area contributed by atoms with Crippen molar-refractivity contribution in [1.82, 2.24) is 9.55 Å². The highest BCUT2D eigenvalue weighted by Gasteiger charge is 2.69. The Bertz CT molecular complexity index is 890. The van der Waals surface area contributed by atoms with E-state index in [1.165, 1.54) is 0 Å². The molecule has 1 aromatic heterocycles. The van der Waals surface area contributed by atoms with Crippen molar-refractivity contribution in [3.63, 3.8) is 0 Å².